The zero-order chi connectivity index (χ0) is 21.4. The second kappa shape index (κ2) is 7.87. The molecule has 1 aliphatic heterocycles. The topological polar surface area (TPSA) is 44.9 Å². The van der Waals surface area contributed by atoms with Gasteiger partial charge in [0.15, 0.2) is 0 Å². The molecule has 0 N–H and O–H groups in total. The fourth-order valence-electron chi connectivity index (χ4n) is 4.04. The Bertz CT molecular complexity index is 1270. The molecular weight excluding hydrogens is 391 g/mol. The molecule has 0 fully saturated rings. The monoisotopic (exact) mass is 414 g/mol. The maximum Gasteiger partial charge on any atom is 0.143 e. The van der Waals surface area contributed by atoms with Crippen LogP contribution in [-0.2, 0) is 6.54 Å². The summed E-state index contributed by atoms with van der Waals surface area (Å²) in [6.07, 6.45) is 10.0. The predicted molar refractivity (Wildman–Crippen MR) is 120 cm³/mol. The van der Waals surface area contributed by atoms with Crippen molar-refractivity contribution < 1.29 is 9.13 Å². The van der Waals surface area contributed by atoms with Gasteiger partial charge in [0, 0.05) is 24.5 Å². The molecule has 0 aliphatic carbocycles. The molecule has 1 aliphatic rings. The third kappa shape index (κ3) is 3.77. The van der Waals surface area contributed by atoms with Crippen LogP contribution in [0.3, 0.4) is 0 Å². The summed E-state index contributed by atoms with van der Waals surface area (Å²) in [5.74, 6) is 1.52. The summed E-state index contributed by atoms with van der Waals surface area (Å²) in [5, 5.41) is 0. The van der Waals surface area contributed by atoms with Crippen molar-refractivity contribution in [2.45, 2.75) is 26.3 Å². The number of rotatable bonds is 4. The van der Waals surface area contributed by atoms with Gasteiger partial charge in [0.05, 0.1) is 30.5 Å². The van der Waals surface area contributed by atoms with Crippen molar-refractivity contribution in [3.8, 4) is 22.7 Å². The standard InChI is InChI=1S/C25H23FN4O/c1-17-14-30(16-27-17)23-10-5-18(13-24(23)31-2)12-20-4-3-11-29-15-22(28-25(20)29)19-6-8-21(26)9-7-19/h5-10,12-16H,3-4,11H2,1-2H3/b20-12+. The number of halogens is 1. The second-order valence-electron chi connectivity index (χ2n) is 7.78. The minimum atomic E-state index is -0.239. The molecule has 0 spiro atoms. The molecular formula is C25H23FN4O. The first-order valence-corrected chi connectivity index (χ1v) is 10.3. The average Bonchev–Trinajstić information content (AvgIpc) is 3.41. The van der Waals surface area contributed by atoms with Crippen molar-refractivity contribution in [3.05, 3.63) is 84.1 Å². The highest BCUT2D eigenvalue weighted by atomic mass is 19.1. The van der Waals surface area contributed by atoms with Gasteiger partial charge in [-0.05, 0) is 73.4 Å². The van der Waals surface area contributed by atoms with Crippen LogP contribution in [-0.4, -0.2) is 26.2 Å². The van der Waals surface area contributed by atoms with E-state index in [0.29, 0.717) is 0 Å². The van der Waals surface area contributed by atoms with Crippen LogP contribution in [0.5, 0.6) is 5.75 Å². The molecule has 3 heterocycles. The highest BCUT2D eigenvalue weighted by Gasteiger charge is 2.18. The molecule has 2 aromatic heterocycles. The lowest BCUT2D eigenvalue weighted by atomic mass is 10.0. The fourth-order valence-corrected chi connectivity index (χ4v) is 4.04. The molecule has 0 saturated carbocycles. The molecule has 0 saturated heterocycles. The molecule has 6 heteroatoms. The van der Waals surface area contributed by atoms with E-state index >= 15 is 0 Å². The van der Waals surface area contributed by atoms with Crippen molar-refractivity contribution in [1.82, 2.24) is 19.1 Å². The fraction of sp³-hybridized carbons (Fsp3) is 0.200. The van der Waals surface area contributed by atoms with E-state index in [1.165, 1.54) is 17.7 Å². The maximum atomic E-state index is 13.3. The zero-order valence-electron chi connectivity index (χ0n) is 17.5. The number of allylic oxidation sites excluding steroid dienone is 1. The first kappa shape index (κ1) is 19.3. The normalized spacial score (nSPS) is 14.6. The summed E-state index contributed by atoms with van der Waals surface area (Å²) in [5.41, 5.74) is 5.95. The van der Waals surface area contributed by atoms with Crippen molar-refractivity contribution in [1.29, 1.82) is 0 Å². The molecule has 5 nitrogen and oxygen atoms in total. The van der Waals surface area contributed by atoms with E-state index in [1.807, 2.05) is 29.8 Å². The molecule has 4 aromatic rings. The zero-order valence-corrected chi connectivity index (χ0v) is 17.5. The number of fused-ring (bicyclic) bond motifs is 1. The largest absolute Gasteiger partial charge is 0.495 e. The highest BCUT2D eigenvalue weighted by molar-refractivity contribution is 5.81. The Balaban J connectivity index is 1.50. The van der Waals surface area contributed by atoms with E-state index in [0.717, 1.165) is 59.2 Å². The lowest BCUT2D eigenvalue weighted by Crippen LogP contribution is -2.08. The van der Waals surface area contributed by atoms with E-state index in [4.69, 9.17) is 9.72 Å². The summed E-state index contributed by atoms with van der Waals surface area (Å²) in [6.45, 7) is 2.90. The van der Waals surface area contributed by atoms with Gasteiger partial charge in [0.2, 0.25) is 0 Å². The number of hydrogen-bond acceptors (Lipinski definition) is 3. The molecule has 5 rings (SSSR count). The number of imidazole rings is 2. The smallest absolute Gasteiger partial charge is 0.143 e. The lowest BCUT2D eigenvalue weighted by Gasteiger charge is -2.17. The Labute approximate surface area is 180 Å². The molecule has 0 unspecified atom stereocenters. The second-order valence-corrected chi connectivity index (χ2v) is 7.78. The van der Waals surface area contributed by atoms with Crippen LogP contribution in [0.15, 0.2) is 61.2 Å². The van der Waals surface area contributed by atoms with Gasteiger partial charge in [0.25, 0.3) is 0 Å². The minimum absolute atomic E-state index is 0.239. The van der Waals surface area contributed by atoms with E-state index in [-0.39, 0.29) is 5.82 Å². The van der Waals surface area contributed by atoms with Crippen LogP contribution < -0.4 is 4.74 Å². The Kier molecular flexibility index (Phi) is 4.90. The van der Waals surface area contributed by atoms with Gasteiger partial charge < -0.3 is 13.9 Å². The number of aromatic nitrogens is 4. The van der Waals surface area contributed by atoms with Crippen molar-refractivity contribution in [2.75, 3.05) is 7.11 Å². The summed E-state index contributed by atoms with van der Waals surface area (Å²) in [7, 11) is 1.68. The number of aryl methyl sites for hydroxylation is 2. The number of nitrogens with zero attached hydrogens (tertiary/aromatic N) is 4. The molecule has 0 atom stereocenters. The van der Waals surface area contributed by atoms with Crippen LogP contribution in [0, 0.1) is 12.7 Å². The number of hydrogen-bond donors (Lipinski definition) is 0. The van der Waals surface area contributed by atoms with Gasteiger partial charge in [0.1, 0.15) is 17.4 Å². The third-order valence-corrected chi connectivity index (χ3v) is 5.58. The van der Waals surface area contributed by atoms with Crippen molar-refractivity contribution in [2.24, 2.45) is 0 Å². The van der Waals surface area contributed by atoms with Crippen molar-refractivity contribution >= 4 is 11.6 Å². The summed E-state index contributed by atoms with van der Waals surface area (Å²) >= 11 is 0. The van der Waals surface area contributed by atoms with Crippen LogP contribution in [0.4, 0.5) is 4.39 Å². The predicted octanol–water partition coefficient (Wildman–Crippen LogP) is 5.53. The Morgan fingerprint density at radius 3 is 2.68 bits per heavy atom. The van der Waals surface area contributed by atoms with Gasteiger partial charge in [-0.1, -0.05) is 6.07 Å². The van der Waals surface area contributed by atoms with E-state index in [1.54, 1.807) is 25.6 Å². The molecule has 0 radical (unpaired) electrons. The van der Waals surface area contributed by atoms with E-state index < -0.39 is 0 Å². The molecule has 31 heavy (non-hydrogen) atoms. The van der Waals surface area contributed by atoms with Crippen LogP contribution >= 0.6 is 0 Å². The summed E-state index contributed by atoms with van der Waals surface area (Å²) in [4.78, 5) is 9.17. The van der Waals surface area contributed by atoms with E-state index in [9.17, 15) is 4.39 Å². The number of ether oxygens (including phenoxy) is 1. The first-order valence-electron chi connectivity index (χ1n) is 10.3. The number of benzene rings is 2. The summed E-state index contributed by atoms with van der Waals surface area (Å²) < 4.78 is 23.1. The van der Waals surface area contributed by atoms with Gasteiger partial charge in [-0.3, -0.25) is 0 Å². The molecule has 0 bridgehead atoms. The van der Waals surface area contributed by atoms with Crippen LogP contribution in [0.1, 0.15) is 29.9 Å². The van der Waals surface area contributed by atoms with Gasteiger partial charge in [-0.2, -0.15) is 0 Å². The van der Waals surface area contributed by atoms with Gasteiger partial charge in [-0.25, -0.2) is 14.4 Å². The molecule has 2 aromatic carbocycles. The number of methoxy groups -OCH3 is 1. The third-order valence-electron chi connectivity index (χ3n) is 5.58. The molecule has 0 amide bonds. The maximum absolute atomic E-state index is 13.3. The average molecular weight is 414 g/mol. The molecule has 156 valence electrons. The van der Waals surface area contributed by atoms with Gasteiger partial charge in [-0.15, -0.1) is 0 Å². The minimum Gasteiger partial charge on any atom is -0.495 e. The Hall–Kier alpha value is -3.67. The lowest BCUT2D eigenvalue weighted by molar-refractivity contribution is 0.413. The van der Waals surface area contributed by atoms with Crippen molar-refractivity contribution in [3.63, 3.8) is 0 Å². The Morgan fingerprint density at radius 1 is 1.10 bits per heavy atom. The Morgan fingerprint density at radius 2 is 1.94 bits per heavy atom. The van der Waals surface area contributed by atoms with Crippen LogP contribution in [0.25, 0.3) is 28.6 Å². The highest BCUT2D eigenvalue weighted by Crippen LogP contribution is 2.32. The van der Waals surface area contributed by atoms with Crippen LogP contribution in [0.2, 0.25) is 0 Å². The first-order chi connectivity index (χ1) is 15.1. The van der Waals surface area contributed by atoms with Gasteiger partial charge >= 0.3 is 0 Å². The summed E-state index contributed by atoms with van der Waals surface area (Å²) in [6, 6.07) is 12.7. The van der Waals surface area contributed by atoms with E-state index in [2.05, 4.69) is 27.9 Å². The quantitative estimate of drug-likeness (QED) is 0.441. The SMILES string of the molecule is COc1cc(/C=C2\CCCn3cc(-c4ccc(F)cc4)nc32)ccc1-n1cnc(C)c1.